The van der Waals surface area contributed by atoms with Gasteiger partial charge in [0, 0.05) is 27.7 Å². The molecule has 1 rings (SSSR count). The van der Waals surface area contributed by atoms with E-state index in [1.807, 2.05) is 0 Å². The Morgan fingerprint density at radius 1 is 1.37 bits per heavy atom. The third-order valence-corrected chi connectivity index (χ3v) is 3.58. The van der Waals surface area contributed by atoms with Crippen LogP contribution in [0, 0.1) is 0 Å². The first-order valence-corrected chi connectivity index (χ1v) is 7.61. The van der Waals surface area contributed by atoms with Gasteiger partial charge in [0.1, 0.15) is 0 Å². The number of rotatable bonds is 6. The summed E-state index contributed by atoms with van der Waals surface area (Å²) < 4.78 is 46.4. The lowest BCUT2D eigenvalue weighted by atomic mass is 10.2. The summed E-state index contributed by atoms with van der Waals surface area (Å²) in [6.07, 6.45) is 0. The normalized spacial score (nSPS) is 11.5. The van der Waals surface area contributed by atoms with Crippen molar-refractivity contribution in [2.75, 3.05) is 19.5 Å². The first kappa shape index (κ1) is 16.8. The second kappa shape index (κ2) is 7.50. The van der Waals surface area contributed by atoms with Crippen molar-refractivity contribution in [3.05, 3.63) is 22.7 Å². The highest BCUT2D eigenvalue weighted by Gasteiger charge is 2.27. The van der Waals surface area contributed by atoms with Crippen molar-refractivity contribution in [2.24, 2.45) is 0 Å². The van der Waals surface area contributed by atoms with Crippen molar-refractivity contribution in [1.29, 1.82) is 0 Å². The molecule has 0 saturated heterocycles. The maximum absolute atomic E-state index is 12.0. The predicted molar refractivity (Wildman–Crippen MR) is 74.6 cm³/mol. The molecule has 0 aliphatic heterocycles. The van der Waals surface area contributed by atoms with E-state index < -0.39 is 5.51 Å². The van der Waals surface area contributed by atoms with Crippen LogP contribution in [0.5, 0.6) is 11.5 Å². The van der Waals surface area contributed by atoms with Crippen LogP contribution in [0.1, 0.15) is 5.56 Å². The number of methoxy groups -OCH3 is 1. The highest BCUT2D eigenvalue weighted by Crippen LogP contribution is 2.36. The van der Waals surface area contributed by atoms with Crippen molar-refractivity contribution in [2.45, 2.75) is 10.8 Å². The van der Waals surface area contributed by atoms with E-state index in [0.717, 1.165) is 5.56 Å². The van der Waals surface area contributed by atoms with E-state index in [1.165, 1.54) is 7.11 Å². The van der Waals surface area contributed by atoms with E-state index in [0.29, 0.717) is 21.9 Å². The minimum atomic E-state index is -4.24. The quantitative estimate of drug-likeness (QED) is 0.519. The standard InChI is InChI=1S/C11H11BrClF3O2S/c1-17-9-5-8(13)4-7(6-12)10(9)18-2-3-19-11(14,15)16/h4-5H,2-3,6H2,1H3. The number of thioether (sulfide) groups is 1. The zero-order valence-corrected chi connectivity index (χ0v) is 13.0. The van der Waals surface area contributed by atoms with Gasteiger partial charge in [0.15, 0.2) is 11.5 Å². The number of hydrogen-bond donors (Lipinski definition) is 0. The Kier molecular flexibility index (Phi) is 6.62. The third kappa shape index (κ3) is 5.71. The molecule has 108 valence electrons. The lowest BCUT2D eigenvalue weighted by Gasteiger charge is -2.15. The van der Waals surface area contributed by atoms with E-state index in [9.17, 15) is 13.2 Å². The molecule has 19 heavy (non-hydrogen) atoms. The van der Waals surface area contributed by atoms with Crippen molar-refractivity contribution in [1.82, 2.24) is 0 Å². The Morgan fingerprint density at radius 2 is 2.05 bits per heavy atom. The monoisotopic (exact) mass is 378 g/mol. The van der Waals surface area contributed by atoms with Crippen molar-refractivity contribution in [3.8, 4) is 11.5 Å². The SMILES string of the molecule is COc1cc(Cl)cc(CBr)c1OCCSC(F)(F)F. The molecule has 0 spiro atoms. The van der Waals surface area contributed by atoms with E-state index >= 15 is 0 Å². The fraction of sp³-hybridized carbons (Fsp3) is 0.455. The largest absolute Gasteiger partial charge is 0.493 e. The van der Waals surface area contributed by atoms with Crippen molar-refractivity contribution < 1.29 is 22.6 Å². The van der Waals surface area contributed by atoms with E-state index in [-0.39, 0.29) is 24.1 Å². The average Bonchev–Trinajstić information content (AvgIpc) is 2.33. The van der Waals surface area contributed by atoms with Gasteiger partial charge in [0.2, 0.25) is 0 Å². The van der Waals surface area contributed by atoms with Gasteiger partial charge in [0.05, 0.1) is 13.7 Å². The molecular formula is C11H11BrClF3O2S. The molecule has 0 amide bonds. The van der Waals surface area contributed by atoms with E-state index in [2.05, 4.69) is 15.9 Å². The van der Waals surface area contributed by atoms with Gasteiger partial charge in [-0.05, 0) is 17.8 Å². The Balaban J connectivity index is 2.71. The van der Waals surface area contributed by atoms with Crippen molar-refractivity contribution in [3.63, 3.8) is 0 Å². The minimum absolute atomic E-state index is 0.0673. The van der Waals surface area contributed by atoms with Crippen LogP contribution < -0.4 is 9.47 Å². The number of halogens is 5. The van der Waals surface area contributed by atoms with Crippen LogP contribution in [0.3, 0.4) is 0 Å². The summed E-state index contributed by atoms with van der Waals surface area (Å²) in [6.45, 7) is -0.0673. The molecule has 0 aliphatic carbocycles. The van der Waals surface area contributed by atoms with Crippen LogP contribution in [0.2, 0.25) is 5.02 Å². The van der Waals surface area contributed by atoms with Gasteiger partial charge in [-0.2, -0.15) is 13.2 Å². The van der Waals surface area contributed by atoms with Gasteiger partial charge in [-0.3, -0.25) is 0 Å². The summed E-state index contributed by atoms with van der Waals surface area (Å²) in [7, 11) is 1.45. The molecule has 0 radical (unpaired) electrons. The van der Waals surface area contributed by atoms with Crippen LogP contribution >= 0.6 is 39.3 Å². The first-order chi connectivity index (χ1) is 8.87. The van der Waals surface area contributed by atoms with Crippen LogP contribution in [-0.2, 0) is 5.33 Å². The molecule has 0 aromatic heterocycles. The molecule has 0 bridgehead atoms. The van der Waals surface area contributed by atoms with Gasteiger partial charge < -0.3 is 9.47 Å². The minimum Gasteiger partial charge on any atom is -0.493 e. The maximum atomic E-state index is 12.0. The highest BCUT2D eigenvalue weighted by molar-refractivity contribution is 9.08. The second-order valence-corrected chi connectivity index (χ2v) is 5.53. The Bertz CT molecular complexity index is 404. The molecule has 0 fully saturated rings. The van der Waals surface area contributed by atoms with Gasteiger partial charge in [-0.1, -0.05) is 27.5 Å². The summed E-state index contributed by atoms with van der Waals surface area (Å²) in [6, 6.07) is 3.23. The summed E-state index contributed by atoms with van der Waals surface area (Å²) in [5.41, 5.74) is -3.52. The van der Waals surface area contributed by atoms with Crippen LogP contribution in [-0.4, -0.2) is 25.0 Å². The molecule has 1 aromatic carbocycles. The maximum Gasteiger partial charge on any atom is 0.441 e. The lowest BCUT2D eigenvalue weighted by Crippen LogP contribution is -2.08. The predicted octanol–water partition coefficient (Wildman–Crippen LogP) is 4.88. The number of alkyl halides is 4. The van der Waals surface area contributed by atoms with Crippen LogP contribution in [0.4, 0.5) is 13.2 Å². The number of hydrogen-bond acceptors (Lipinski definition) is 3. The van der Waals surface area contributed by atoms with Gasteiger partial charge >= 0.3 is 5.51 Å². The Labute approximate surface area is 126 Å². The van der Waals surface area contributed by atoms with Gasteiger partial charge in [-0.15, -0.1) is 0 Å². The summed E-state index contributed by atoms with van der Waals surface area (Å²) >= 11 is 9.04. The fourth-order valence-electron chi connectivity index (χ4n) is 1.34. The van der Waals surface area contributed by atoms with Crippen molar-refractivity contribution >= 4 is 39.3 Å². The zero-order chi connectivity index (χ0) is 14.5. The van der Waals surface area contributed by atoms with E-state index in [1.54, 1.807) is 12.1 Å². The second-order valence-electron chi connectivity index (χ2n) is 3.37. The molecule has 0 heterocycles. The topological polar surface area (TPSA) is 18.5 Å². The molecule has 2 nitrogen and oxygen atoms in total. The Morgan fingerprint density at radius 3 is 2.58 bits per heavy atom. The van der Waals surface area contributed by atoms with Crippen LogP contribution in [0.25, 0.3) is 0 Å². The number of ether oxygens (including phenoxy) is 2. The molecule has 0 aliphatic rings. The highest BCUT2D eigenvalue weighted by atomic mass is 79.9. The Hall–Kier alpha value is -0.270. The molecule has 0 N–H and O–H groups in total. The summed E-state index contributed by atoms with van der Waals surface area (Å²) in [4.78, 5) is 0. The third-order valence-electron chi connectivity index (χ3n) is 2.06. The first-order valence-electron chi connectivity index (χ1n) is 5.13. The average molecular weight is 380 g/mol. The molecule has 0 unspecified atom stereocenters. The fourth-order valence-corrected chi connectivity index (χ4v) is 2.38. The van der Waals surface area contributed by atoms with Gasteiger partial charge in [-0.25, -0.2) is 0 Å². The molecule has 0 saturated carbocycles. The lowest BCUT2D eigenvalue weighted by molar-refractivity contribution is -0.0329. The zero-order valence-electron chi connectivity index (χ0n) is 9.89. The molecule has 8 heteroatoms. The molecular weight excluding hydrogens is 369 g/mol. The van der Waals surface area contributed by atoms with Gasteiger partial charge in [0.25, 0.3) is 0 Å². The smallest absolute Gasteiger partial charge is 0.441 e. The van der Waals surface area contributed by atoms with E-state index in [4.69, 9.17) is 21.1 Å². The molecule has 1 aromatic rings. The summed E-state index contributed by atoms with van der Waals surface area (Å²) in [5, 5.41) is 0.939. The van der Waals surface area contributed by atoms with Crippen LogP contribution in [0.15, 0.2) is 12.1 Å². The molecule has 0 atom stereocenters. The summed E-state index contributed by atoms with van der Waals surface area (Å²) in [5.74, 6) is 0.627. The number of benzene rings is 1.